The Morgan fingerprint density at radius 2 is 1.58 bits per heavy atom. The van der Waals surface area contributed by atoms with Crippen molar-refractivity contribution in [3.63, 3.8) is 0 Å². The van der Waals surface area contributed by atoms with Crippen molar-refractivity contribution in [2.75, 3.05) is 27.2 Å². The molecular formula is C11H27N3O8P2. The van der Waals surface area contributed by atoms with E-state index in [4.69, 9.17) is 19.6 Å². The SMILES string of the molecule is CNCCCC(NC)C(=O)NCCCC(O)(P(=O)(O)O)P(=O)(O)O. The summed E-state index contributed by atoms with van der Waals surface area (Å²) in [6.45, 7) is 0.647. The number of carbonyl (C=O) groups is 1. The van der Waals surface area contributed by atoms with E-state index in [1.54, 1.807) is 14.1 Å². The van der Waals surface area contributed by atoms with Gasteiger partial charge in [0.15, 0.2) is 0 Å². The molecule has 1 atom stereocenters. The number of aliphatic hydroxyl groups is 1. The van der Waals surface area contributed by atoms with Gasteiger partial charge in [0.25, 0.3) is 5.08 Å². The lowest BCUT2D eigenvalue weighted by Gasteiger charge is -2.29. The van der Waals surface area contributed by atoms with Gasteiger partial charge in [-0.1, -0.05) is 0 Å². The average molecular weight is 391 g/mol. The Bertz CT molecular complexity index is 470. The zero-order chi connectivity index (χ0) is 19.0. The first kappa shape index (κ1) is 23.6. The highest BCUT2D eigenvalue weighted by Crippen LogP contribution is 2.69. The zero-order valence-corrected chi connectivity index (χ0v) is 15.5. The van der Waals surface area contributed by atoms with E-state index in [1.165, 1.54) is 0 Å². The van der Waals surface area contributed by atoms with Gasteiger partial charge in [0, 0.05) is 13.0 Å². The third-order valence-electron chi connectivity index (χ3n) is 3.51. The van der Waals surface area contributed by atoms with Crippen LogP contribution in [0.4, 0.5) is 0 Å². The minimum absolute atomic E-state index is 0.0919. The maximum Gasteiger partial charge on any atom is 0.369 e. The maximum atomic E-state index is 11.9. The predicted molar refractivity (Wildman–Crippen MR) is 87.3 cm³/mol. The van der Waals surface area contributed by atoms with Crippen molar-refractivity contribution in [3.8, 4) is 0 Å². The fraction of sp³-hybridized carbons (Fsp3) is 0.909. The van der Waals surface area contributed by atoms with Crippen LogP contribution in [0, 0.1) is 0 Å². The summed E-state index contributed by atoms with van der Waals surface area (Å²) in [5.41, 5.74) is 0. The standard InChI is InChI=1S/C11H27N3O8P2/c1-12-7-3-5-9(13-2)10(15)14-8-4-6-11(16,23(17,18)19)24(20,21)22/h9,12-13,16H,3-8H2,1-2H3,(H,14,15)(H2,17,18,19)(H2,20,21,22). The van der Waals surface area contributed by atoms with Gasteiger partial charge < -0.3 is 40.6 Å². The minimum atomic E-state index is -5.46. The molecule has 8 N–H and O–H groups in total. The molecular weight excluding hydrogens is 364 g/mol. The molecule has 0 aromatic rings. The molecule has 11 nitrogen and oxygen atoms in total. The highest BCUT2D eigenvalue weighted by Gasteiger charge is 2.58. The molecule has 0 aromatic heterocycles. The molecule has 0 fully saturated rings. The van der Waals surface area contributed by atoms with Crippen molar-refractivity contribution in [3.05, 3.63) is 0 Å². The molecule has 0 heterocycles. The number of likely N-dealkylation sites (N-methyl/N-ethyl adjacent to an activating group) is 1. The van der Waals surface area contributed by atoms with Gasteiger partial charge in [0.1, 0.15) is 0 Å². The number of hydrogen-bond donors (Lipinski definition) is 8. The number of nitrogens with one attached hydrogen (secondary N) is 3. The largest absolute Gasteiger partial charge is 0.369 e. The lowest BCUT2D eigenvalue weighted by Crippen LogP contribution is -2.43. The highest BCUT2D eigenvalue weighted by atomic mass is 31.2. The van der Waals surface area contributed by atoms with Crippen molar-refractivity contribution in [1.82, 2.24) is 16.0 Å². The number of hydrogen-bond acceptors (Lipinski definition) is 6. The summed E-state index contributed by atoms with van der Waals surface area (Å²) in [7, 11) is -7.51. The monoisotopic (exact) mass is 391 g/mol. The predicted octanol–water partition coefficient (Wildman–Crippen LogP) is -1.53. The van der Waals surface area contributed by atoms with Gasteiger partial charge in [-0.05, 0) is 39.9 Å². The second kappa shape index (κ2) is 9.96. The molecule has 0 saturated heterocycles. The van der Waals surface area contributed by atoms with Crippen LogP contribution in [0.2, 0.25) is 0 Å². The van der Waals surface area contributed by atoms with Crippen LogP contribution in [0.1, 0.15) is 25.7 Å². The van der Waals surface area contributed by atoms with Crippen LogP contribution in [0.25, 0.3) is 0 Å². The fourth-order valence-corrected chi connectivity index (χ4v) is 4.27. The van der Waals surface area contributed by atoms with E-state index in [2.05, 4.69) is 16.0 Å². The summed E-state index contributed by atoms with van der Waals surface area (Å²) in [5, 5.41) is 14.5. The van der Waals surface area contributed by atoms with E-state index in [0.29, 0.717) is 6.42 Å². The Hall–Kier alpha value is -0.350. The van der Waals surface area contributed by atoms with E-state index < -0.39 is 32.7 Å². The molecule has 0 spiro atoms. The molecule has 0 radical (unpaired) electrons. The van der Waals surface area contributed by atoms with Gasteiger partial charge in [-0.3, -0.25) is 13.9 Å². The molecule has 0 aliphatic rings. The van der Waals surface area contributed by atoms with E-state index in [9.17, 15) is 19.0 Å². The molecule has 0 aromatic carbocycles. The average Bonchev–Trinajstić information content (AvgIpc) is 2.45. The number of amides is 1. The van der Waals surface area contributed by atoms with Crippen molar-refractivity contribution in [2.45, 2.75) is 36.8 Å². The molecule has 0 saturated carbocycles. The zero-order valence-electron chi connectivity index (χ0n) is 13.7. The quantitative estimate of drug-likeness (QED) is 0.143. The Kier molecular flexibility index (Phi) is 9.81. The Balaban J connectivity index is 4.52. The third-order valence-corrected chi connectivity index (χ3v) is 7.38. The van der Waals surface area contributed by atoms with Gasteiger partial charge in [0.05, 0.1) is 6.04 Å². The van der Waals surface area contributed by atoms with Crippen LogP contribution in [0.5, 0.6) is 0 Å². The Morgan fingerprint density at radius 1 is 1.04 bits per heavy atom. The van der Waals surface area contributed by atoms with E-state index in [1.807, 2.05) is 0 Å². The van der Waals surface area contributed by atoms with E-state index in [0.717, 1.165) is 13.0 Å². The molecule has 0 aliphatic carbocycles. The Morgan fingerprint density at radius 3 is 2.00 bits per heavy atom. The molecule has 0 bridgehead atoms. The third kappa shape index (κ3) is 6.87. The van der Waals surface area contributed by atoms with Crippen LogP contribution in [0.15, 0.2) is 0 Å². The summed E-state index contributed by atoms with van der Waals surface area (Å²) in [4.78, 5) is 47.9. The lowest BCUT2D eigenvalue weighted by molar-refractivity contribution is -0.123. The second-order valence-corrected chi connectivity index (χ2v) is 9.35. The van der Waals surface area contributed by atoms with Gasteiger partial charge in [-0.15, -0.1) is 0 Å². The summed E-state index contributed by atoms with van der Waals surface area (Å²) in [6, 6.07) is -0.458. The van der Waals surface area contributed by atoms with Gasteiger partial charge >= 0.3 is 15.2 Å². The molecule has 144 valence electrons. The fourth-order valence-electron chi connectivity index (χ4n) is 2.01. The smallest absolute Gasteiger partial charge is 0.368 e. The maximum absolute atomic E-state index is 11.9. The van der Waals surface area contributed by atoms with E-state index in [-0.39, 0.29) is 18.9 Å². The van der Waals surface area contributed by atoms with Crippen molar-refractivity contribution < 1.29 is 38.6 Å². The van der Waals surface area contributed by atoms with Gasteiger partial charge in [-0.2, -0.15) is 0 Å². The molecule has 13 heteroatoms. The summed E-state index contributed by atoms with van der Waals surface area (Å²) in [5.74, 6) is -0.343. The van der Waals surface area contributed by atoms with Crippen molar-refractivity contribution >= 4 is 21.1 Å². The molecule has 0 rings (SSSR count). The van der Waals surface area contributed by atoms with Crippen LogP contribution in [-0.2, 0) is 13.9 Å². The van der Waals surface area contributed by atoms with Crippen LogP contribution < -0.4 is 16.0 Å². The normalized spacial score (nSPS) is 14.5. The highest BCUT2D eigenvalue weighted by molar-refractivity contribution is 7.72. The molecule has 1 unspecified atom stereocenters. The van der Waals surface area contributed by atoms with Gasteiger partial charge in [0.2, 0.25) is 5.91 Å². The first-order valence-electron chi connectivity index (χ1n) is 7.34. The minimum Gasteiger partial charge on any atom is -0.368 e. The number of carbonyl (C=O) groups excluding carboxylic acids is 1. The topological polar surface area (TPSA) is 188 Å². The summed E-state index contributed by atoms with van der Waals surface area (Å²) < 4.78 is 22.4. The van der Waals surface area contributed by atoms with Crippen LogP contribution in [-0.4, -0.2) is 68.9 Å². The first-order valence-corrected chi connectivity index (χ1v) is 10.6. The molecule has 0 aliphatic heterocycles. The van der Waals surface area contributed by atoms with Crippen molar-refractivity contribution in [2.24, 2.45) is 0 Å². The first-order chi connectivity index (χ1) is 10.9. The van der Waals surface area contributed by atoms with Crippen LogP contribution in [0.3, 0.4) is 0 Å². The van der Waals surface area contributed by atoms with Crippen molar-refractivity contribution in [1.29, 1.82) is 0 Å². The van der Waals surface area contributed by atoms with E-state index >= 15 is 0 Å². The second-order valence-electron chi connectivity index (χ2n) is 5.34. The summed E-state index contributed by atoms with van der Waals surface area (Å²) >= 11 is 0. The Labute approximate surface area is 140 Å². The van der Waals surface area contributed by atoms with Crippen LogP contribution >= 0.6 is 15.2 Å². The molecule has 1 amide bonds. The van der Waals surface area contributed by atoms with Gasteiger partial charge in [-0.25, -0.2) is 0 Å². The lowest BCUT2D eigenvalue weighted by atomic mass is 10.1. The summed E-state index contributed by atoms with van der Waals surface area (Å²) in [6.07, 6.45) is 0.251. The molecule has 24 heavy (non-hydrogen) atoms. The number of rotatable bonds is 12.